The maximum absolute atomic E-state index is 13.3. The summed E-state index contributed by atoms with van der Waals surface area (Å²) in [7, 11) is 0. The smallest absolute Gasteiger partial charge is 0.321 e. The number of hydrogen-bond donors (Lipinski definition) is 4. The van der Waals surface area contributed by atoms with E-state index >= 15 is 0 Å². The van der Waals surface area contributed by atoms with Gasteiger partial charge in [0.1, 0.15) is 12.1 Å². The average Bonchev–Trinajstić information content (AvgIpc) is 3.40. The number of piperazine rings is 1. The van der Waals surface area contributed by atoms with Crippen LogP contribution in [-0.4, -0.2) is 95.3 Å². The Kier molecular flexibility index (Phi) is 7.91. The van der Waals surface area contributed by atoms with Crippen molar-refractivity contribution in [1.82, 2.24) is 25.8 Å². The molecule has 0 aliphatic carbocycles. The van der Waals surface area contributed by atoms with Crippen molar-refractivity contribution in [3.05, 3.63) is 29.8 Å². The summed E-state index contributed by atoms with van der Waals surface area (Å²) in [6.45, 7) is 2.51. The molecule has 1 aromatic carbocycles. The monoisotopic (exact) mass is 502 g/mol. The molecule has 3 aliphatic heterocycles. The van der Waals surface area contributed by atoms with E-state index in [-0.39, 0.29) is 43.3 Å². The van der Waals surface area contributed by atoms with Gasteiger partial charge < -0.3 is 25.8 Å². The number of anilines is 1. The topological polar surface area (TPSA) is 140 Å². The van der Waals surface area contributed by atoms with E-state index in [0.717, 1.165) is 6.42 Å². The van der Waals surface area contributed by atoms with E-state index in [9.17, 15) is 24.0 Å². The molecule has 35 heavy (non-hydrogen) atoms. The molecule has 0 bridgehead atoms. The van der Waals surface area contributed by atoms with E-state index in [0.29, 0.717) is 35.8 Å². The molecule has 188 valence electrons. The van der Waals surface area contributed by atoms with Crippen molar-refractivity contribution in [3.63, 3.8) is 0 Å². The predicted octanol–water partition coefficient (Wildman–Crippen LogP) is -0.00880. The molecule has 0 spiro atoms. The second-order valence-electron chi connectivity index (χ2n) is 8.82. The molecule has 4 N–H and O–H groups in total. The first-order valence-electron chi connectivity index (χ1n) is 11.7. The van der Waals surface area contributed by atoms with Crippen LogP contribution in [0.3, 0.4) is 0 Å². The fourth-order valence-corrected chi connectivity index (χ4v) is 5.31. The van der Waals surface area contributed by atoms with Crippen molar-refractivity contribution in [2.75, 3.05) is 43.1 Å². The molecule has 3 atom stereocenters. The lowest BCUT2D eigenvalue weighted by molar-refractivity contribution is -0.145. The van der Waals surface area contributed by atoms with Crippen molar-refractivity contribution in [2.45, 2.75) is 37.9 Å². The number of amides is 5. The Balaban J connectivity index is 1.46. The molecule has 0 unspecified atom stereocenters. The predicted molar refractivity (Wildman–Crippen MR) is 131 cm³/mol. The third-order valence-corrected chi connectivity index (χ3v) is 7.35. The first-order valence-corrected chi connectivity index (χ1v) is 12.9. The van der Waals surface area contributed by atoms with E-state index in [2.05, 4.69) is 21.3 Å². The van der Waals surface area contributed by atoms with Gasteiger partial charge in [-0.25, -0.2) is 4.79 Å². The number of nitrogens with zero attached hydrogens (tertiary/aromatic N) is 2. The lowest BCUT2D eigenvalue weighted by Gasteiger charge is -2.41. The quantitative estimate of drug-likeness (QED) is 0.415. The van der Waals surface area contributed by atoms with Crippen LogP contribution in [0.1, 0.15) is 30.1 Å². The zero-order valence-electron chi connectivity index (χ0n) is 19.5. The lowest BCUT2D eigenvalue weighted by atomic mass is 10.0. The van der Waals surface area contributed by atoms with Crippen molar-refractivity contribution >= 4 is 47.0 Å². The van der Waals surface area contributed by atoms with Crippen LogP contribution in [-0.2, 0) is 14.4 Å². The van der Waals surface area contributed by atoms with Gasteiger partial charge in [0.25, 0.3) is 0 Å². The number of carbonyl (C=O) groups excluding carboxylic acids is 5. The number of nitrogens with one attached hydrogen (secondary N) is 4. The number of hydrogen-bond acceptors (Lipinski definition) is 7. The minimum absolute atomic E-state index is 0.00311. The average molecular weight is 503 g/mol. The van der Waals surface area contributed by atoms with Crippen molar-refractivity contribution in [2.24, 2.45) is 0 Å². The molecule has 0 aromatic heterocycles. The number of piperidine rings is 1. The zero-order chi connectivity index (χ0) is 24.9. The number of ketones is 1. The summed E-state index contributed by atoms with van der Waals surface area (Å²) >= 11 is 1.61. The molecular weight excluding hydrogens is 472 g/mol. The Morgan fingerprint density at radius 1 is 1.11 bits per heavy atom. The summed E-state index contributed by atoms with van der Waals surface area (Å²) in [5.41, 5.74) is 1.06. The normalized spacial score (nSPS) is 24.5. The van der Waals surface area contributed by atoms with Crippen LogP contribution in [0.15, 0.2) is 24.3 Å². The SMILES string of the molecule is CC(=O)c1ccc(NC(=O)N2CCN(C(=O)[C@H]3CSCN3)[C@@H](C(=O)N[C@@H]3CCCNC3=O)C2)cc1. The summed E-state index contributed by atoms with van der Waals surface area (Å²) in [5.74, 6) is 0.350. The van der Waals surface area contributed by atoms with Gasteiger partial charge in [0, 0.05) is 42.5 Å². The third-order valence-electron chi connectivity index (χ3n) is 6.41. The summed E-state index contributed by atoms with van der Waals surface area (Å²) in [6.07, 6.45) is 1.28. The molecule has 3 heterocycles. The molecule has 11 nitrogen and oxygen atoms in total. The highest BCUT2D eigenvalue weighted by Crippen LogP contribution is 2.19. The van der Waals surface area contributed by atoms with Gasteiger partial charge in [0.05, 0.1) is 12.6 Å². The number of thioether (sulfide) groups is 1. The Labute approximate surface area is 207 Å². The fraction of sp³-hybridized carbons (Fsp3) is 0.522. The minimum atomic E-state index is -0.913. The first-order chi connectivity index (χ1) is 16.8. The number of benzene rings is 1. The van der Waals surface area contributed by atoms with Gasteiger partial charge in [-0.3, -0.25) is 24.5 Å². The number of Topliss-reactive ketones (excluding diaryl/α,β-unsaturated/α-hetero) is 1. The number of urea groups is 1. The Hall–Kier alpha value is -3.12. The zero-order valence-corrected chi connectivity index (χ0v) is 20.4. The minimum Gasteiger partial charge on any atom is -0.354 e. The molecule has 0 saturated carbocycles. The Morgan fingerprint density at radius 3 is 2.54 bits per heavy atom. The molecule has 12 heteroatoms. The second-order valence-corrected chi connectivity index (χ2v) is 9.85. The molecule has 3 saturated heterocycles. The Bertz CT molecular complexity index is 997. The van der Waals surface area contributed by atoms with Crippen LogP contribution >= 0.6 is 11.8 Å². The van der Waals surface area contributed by atoms with Gasteiger partial charge in [-0.2, -0.15) is 0 Å². The molecule has 3 aliphatic rings. The van der Waals surface area contributed by atoms with E-state index in [1.807, 2.05) is 0 Å². The van der Waals surface area contributed by atoms with Gasteiger partial charge in [0.2, 0.25) is 17.7 Å². The van der Waals surface area contributed by atoms with Crippen LogP contribution in [0, 0.1) is 0 Å². The van der Waals surface area contributed by atoms with Crippen molar-refractivity contribution in [1.29, 1.82) is 0 Å². The van der Waals surface area contributed by atoms with Gasteiger partial charge in [-0.1, -0.05) is 0 Å². The summed E-state index contributed by atoms with van der Waals surface area (Å²) in [6, 6.07) is 4.19. The summed E-state index contributed by atoms with van der Waals surface area (Å²) in [4.78, 5) is 66.0. The van der Waals surface area contributed by atoms with Crippen molar-refractivity contribution < 1.29 is 24.0 Å². The maximum atomic E-state index is 13.3. The van der Waals surface area contributed by atoms with Gasteiger partial charge >= 0.3 is 6.03 Å². The molecule has 0 radical (unpaired) electrons. The Morgan fingerprint density at radius 2 is 1.89 bits per heavy atom. The maximum Gasteiger partial charge on any atom is 0.321 e. The summed E-state index contributed by atoms with van der Waals surface area (Å²) in [5, 5.41) is 11.4. The molecule has 1 aromatic rings. The van der Waals surface area contributed by atoms with Gasteiger partial charge in [-0.15, -0.1) is 11.8 Å². The highest BCUT2D eigenvalue weighted by Gasteiger charge is 2.41. The molecule has 3 fully saturated rings. The van der Waals surface area contributed by atoms with E-state index in [1.165, 1.54) is 16.7 Å². The van der Waals surface area contributed by atoms with Crippen LogP contribution < -0.4 is 21.3 Å². The third kappa shape index (κ3) is 5.93. The lowest BCUT2D eigenvalue weighted by Crippen LogP contribution is -2.65. The van der Waals surface area contributed by atoms with Crippen LogP contribution in [0.4, 0.5) is 10.5 Å². The van der Waals surface area contributed by atoms with E-state index < -0.39 is 24.0 Å². The number of carbonyl (C=O) groups is 5. The fourth-order valence-electron chi connectivity index (χ4n) is 4.38. The molecule has 5 amide bonds. The first kappa shape index (κ1) is 25.0. The largest absolute Gasteiger partial charge is 0.354 e. The highest BCUT2D eigenvalue weighted by atomic mass is 32.2. The second kappa shape index (κ2) is 11.1. The molecular formula is C23H30N6O5S. The van der Waals surface area contributed by atoms with Crippen LogP contribution in [0.25, 0.3) is 0 Å². The highest BCUT2D eigenvalue weighted by molar-refractivity contribution is 7.99. The van der Waals surface area contributed by atoms with E-state index in [1.54, 1.807) is 36.0 Å². The van der Waals surface area contributed by atoms with Crippen LogP contribution in [0.5, 0.6) is 0 Å². The summed E-state index contributed by atoms with van der Waals surface area (Å²) < 4.78 is 0. The van der Waals surface area contributed by atoms with E-state index in [4.69, 9.17) is 0 Å². The van der Waals surface area contributed by atoms with Gasteiger partial charge in [0.15, 0.2) is 5.78 Å². The van der Waals surface area contributed by atoms with Crippen molar-refractivity contribution in [3.8, 4) is 0 Å². The molecule has 4 rings (SSSR count). The standard InChI is InChI=1S/C23H30N6O5S/c1-14(30)15-4-6-16(7-5-15)26-23(34)28-9-10-29(22(33)18-12-35-13-25-18)19(11-28)21(32)27-17-3-2-8-24-20(17)31/h4-7,17-19,25H,2-3,8-13H2,1H3,(H,24,31)(H,26,34)(H,27,32)/t17-,18-,19-/m1/s1. The number of rotatable bonds is 5. The van der Waals surface area contributed by atoms with Gasteiger partial charge in [-0.05, 0) is 44.0 Å². The van der Waals surface area contributed by atoms with Crippen LogP contribution in [0.2, 0.25) is 0 Å².